The number of hydrogen-bond acceptors (Lipinski definition) is 4. The first-order valence-corrected chi connectivity index (χ1v) is 7.14. The molecule has 0 spiro atoms. The molecule has 0 unspecified atom stereocenters. The van der Waals surface area contributed by atoms with Gasteiger partial charge in [-0.1, -0.05) is 0 Å². The van der Waals surface area contributed by atoms with Gasteiger partial charge < -0.3 is 10.6 Å². The highest BCUT2D eigenvalue weighted by Crippen LogP contribution is 2.09. The Bertz CT molecular complexity index is 623. The molecule has 1 heterocycles. The molecule has 5 nitrogen and oxygen atoms in total. The summed E-state index contributed by atoms with van der Waals surface area (Å²) in [5.41, 5.74) is 2.41. The molecule has 0 saturated carbocycles. The summed E-state index contributed by atoms with van der Waals surface area (Å²) in [7, 11) is 0. The quantitative estimate of drug-likeness (QED) is 0.805. The first-order chi connectivity index (χ1) is 10.5. The van der Waals surface area contributed by atoms with Gasteiger partial charge in [0.15, 0.2) is 0 Å². The van der Waals surface area contributed by atoms with E-state index in [4.69, 9.17) is 0 Å². The number of amides is 1. The van der Waals surface area contributed by atoms with Gasteiger partial charge in [0.25, 0.3) is 0 Å². The van der Waals surface area contributed by atoms with E-state index in [1.54, 1.807) is 0 Å². The van der Waals surface area contributed by atoms with Crippen molar-refractivity contribution in [1.82, 2.24) is 9.97 Å². The number of nitrogens with zero attached hydrogens (tertiary/aromatic N) is 2. The monoisotopic (exact) mass is 302 g/mol. The Morgan fingerprint density at radius 3 is 2.41 bits per heavy atom. The largest absolute Gasteiger partial charge is 0.354 e. The van der Waals surface area contributed by atoms with Crippen molar-refractivity contribution in [1.29, 1.82) is 0 Å². The minimum absolute atomic E-state index is 0.102. The second kappa shape index (κ2) is 7.49. The molecule has 1 aromatic heterocycles. The standard InChI is InChI=1S/C16H19FN4O/c1-11-10-12(2)20-16(19-11)18-9-3-4-15(22)21-14-7-5-13(17)6-8-14/h5-8,10H,3-4,9H2,1-2H3,(H,21,22)(H,18,19,20). The highest BCUT2D eigenvalue weighted by Gasteiger charge is 2.03. The fourth-order valence-electron chi connectivity index (χ4n) is 2.01. The van der Waals surface area contributed by atoms with E-state index >= 15 is 0 Å². The third-order valence-electron chi connectivity index (χ3n) is 2.97. The molecule has 116 valence electrons. The summed E-state index contributed by atoms with van der Waals surface area (Å²) in [4.78, 5) is 20.3. The summed E-state index contributed by atoms with van der Waals surface area (Å²) in [5.74, 6) is 0.154. The van der Waals surface area contributed by atoms with Gasteiger partial charge in [0.05, 0.1) is 0 Å². The van der Waals surface area contributed by atoms with Crippen LogP contribution in [0.15, 0.2) is 30.3 Å². The van der Waals surface area contributed by atoms with E-state index in [0.717, 1.165) is 11.4 Å². The molecule has 0 fully saturated rings. The Balaban J connectivity index is 1.71. The third-order valence-corrected chi connectivity index (χ3v) is 2.97. The highest BCUT2D eigenvalue weighted by molar-refractivity contribution is 5.90. The molecule has 2 N–H and O–H groups in total. The van der Waals surface area contributed by atoms with E-state index in [-0.39, 0.29) is 11.7 Å². The van der Waals surface area contributed by atoms with Gasteiger partial charge in [-0.2, -0.15) is 0 Å². The molecular weight excluding hydrogens is 283 g/mol. The van der Waals surface area contributed by atoms with E-state index in [1.807, 2.05) is 19.9 Å². The lowest BCUT2D eigenvalue weighted by atomic mass is 10.2. The van der Waals surface area contributed by atoms with Crippen LogP contribution < -0.4 is 10.6 Å². The maximum absolute atomic E-state index is 12.8. The Morgan fingerprint density at radius 1 is 1.14 bits per heavy atom. The van der Waals surface area contributed by atoms with Crippen LogP contribution in [0.25, 0.3) is 0 Å². The fraction of sp³-hybridized carbons (Fsp3) is 0.312. The minimum Gasteiger partial charge on any atom is -0.354 e. The van der Waals surface area contributed by atoms with Gasteiger partial charge in [-0.3, -0.25) is 4.79 Å². The van der Waals surface area contributed by atoms with Crippen molar-refractivity contribution < 1.29 is 9.18 Å². The Labute approximate surface area is 129 Å². The van der Waals surface area contributed by atoms with Crippen molar-refractivity contribution in [3.05, 3.63) is 47.5 Å². The molecule has 0 aliphatic heterocycles. The molecule has 0 aliphatic carbocycles. The number of aryl methyl sites for hydroxylation is 2. The topological polar surface area (TPSA) is 66.9 Å². The average Bonchev–Trinajstić information content (AvgIpc) is 2.45. The smallest absolute Gasteiger partial charge is 0.224 e. The van der Waals surface area contributed by atoms with Gasteiger partial charge in [-0.25, -0.2) is 14.4 Å². The maximum Gasteiger partial charge on any atom is 0.224 e. The fourth-order valence-corrected chi connectivity index (χ4v) is 2.01. The minimum atomic E-state index is -0.323. The van der Waals surface area contributed by atoms with E-state index in [0.29, 0.717) is 31.0 Å². The van der Waals surface area contributed by atoms with E-state index in [9.17, 15) is 9.18 Å². The number of rotatable bonds is 6. The van der Waals surface area contributed by atoms with Gasteiger partial charge in [0.2, 0.25) is 11.9 Å². The summed E-state index contributed by atoms with van der Waals surface area (Å²) < 4.78 is 12.8. The lowest BCUT2D eigenvalue weighted by molar-refractivity contribution is -0.116. The second-order valence-electron chi connectivity index (χ2n) is 5.06. The zero-order chi connectivity index (χ0) is 15.9. The van der Waals surface area contributed by atoms with Crippen LogP contribution in [0.2, 0.25) is 0 Å². The average molecular weight is 302 g/mol. The zero-order valence-electron chi connectivity index (χ0n) is 12.7. The van der Waals surface area contributed by atoms with Crippen molar-refractivity contribution in [2.75, 3.05) is 17.2 Å². The highest BCUT2D eigenvalue weighted by atomic mass is 19.1. The molecule has 0 saturated heterocycles. The number of aromatic nitrogens is 2. The molecule has 0 aliphatic rings. The van der Waals surface area contributed by atoms with Crippen LogP contribution in [0.1, 0.15) is 24.2 Å². The van der Waals surface area contributed by atoms with Crippen molar-refractivity contribution >= 4 is 17.5 Å². The summed E-state index contributed by atoms with van der Waals surface area (Å²) in [6.07, 6.45) is 1.03. The summed E-state index contributed by atoms with van der Waals surface area (Å²) in [6, 6.07) is 7.61. The van der Waals surface area contributed by atoms with Gasteiger partial charge >= 0.3 is 0 Å². The molecule has 0 bridgehead atoms. The molecule has 0 radical (unpaired) electrons. The van der Waals surface area contributed by atoms with Crippen LogP contribution in [0.5, 0.6) is 0 Å². The molecule has 2 rings (SSSR count). The molecule has 22 heavy (non-hydrogen) atoms. The van der Waals surface area contributed by atoms with Crippen LogP contribution in [-0.4, -0.2) is 22.4 Å². The van der Waals surface area contributed by atoms with Crippen molar-refractivity contribution in [3.8, 4) is 0 Å². The predicted octanol–water partition coefficient (Wildman–Crippen LogP) is 3.06. The number of halogens is 1. The van der Waals surface area contributed by atoms with Crippen LogP contribution in [0.3, 0.4) is 0 Å². The van der Waals surface area contributed by atoms with E-state index < -0.39 is 0 Å². The number of carbonyl (C=O) groups excluding carboxylic acids is 1. The van der Waals surface area contributed by atoms with E-state index in [2.05, 4.69) is 20.6 Å². The first-order valence-electron chi connectivity index (χ1n) is 7.14. The predicted molar refractivity (Wildman–Crippen MR) is 84.3 cm³/mol. The van der Waals surface area contributed by atoms with Gasteiger partial charge in [-0.15, -0.1) is 0 Å². The van der Waals surface area contributed by atoms with Crippen molar-refractivity contribution in [3.63, 3.8) is 0 Å². The summed E-state index contributed by atoms with van der Waals surface area (Å²) in [6.45, 7) is 4.44. The Kier molecular flexibility index (Phi) is 5.41. The Hall–Kier alpha value is -2.50. The lowest BCUT2D eigenvalue weighted by Gasteiger charge is -2.07. The van der Waals surface area contributed by atoms with Gasteiger partial charge in [0, 0.05) is 30.0 Å². The second-order valence-corrected chi connectivity index (χ2v) is 5.06. The maximum atomic E-state index is 12.8. The van der Waals surface area contributed by atoms with Crippen LogP contribution in [-0.2, 0) is 4.79 Å². The molecular formula is C16H19FN4O. The lowest BCUT2D eigenvalue weighted by Crippen LogP contribution is -2.14. The summed E-state index contributed by atoms with van der Waals surface area (Å²) >= 11 is 0. The number of carbonyl (C=O) groups is 1. The van der Waals surface area contributed by atoms with Crippen LogP contribution in [0, 0.1) is 19.7 Å². The number of anilines is 2. The molecule has 2 aromatic rings. The number of nitrogens with one attached hydrogen (secondary N) is 2. The molecule has 6 heteroatoms. The molecule has 0 atom stereocenters. The molecule has 1 amide bonds. The van der Waals surface area contributed by atoms with Gasteiger partial charge in [0.1, 0.15) is 5.82 Å². The van der Waals surface area contributed by atoms with Crippen molar-refractivity contribution in [2.24, 2.45) is 0 Å². The zero-order valence-corrected chi connectivity index (χ0v) is 12.7. The number of hydrogen-bond donors (Lipinski definition) is 2. The van der Waals surface area contributed by atoms with Crippen LogP contribution in [0.4, 0.5) is 16.0 Å². The van der Waals surface area contributed by atoms with E-state index in [1.165, 1.54) is 24.3 Å². The third kappa shape index (κ3) is 5.12. The summed E-state index contributed by atoms with van der Waals surface area (Å²) in [5, 5.41) is 5.82. The SMILES string of the molecule is Cc1cc(C)nc(NCCCC(=O)Nc2ccc(F)cc2)n1. The van der Waals surface area contributed by atoms with Gasteiger partial charge in [-0.05, 0) is 50.6 Å². The van der Waals surface area contributed by atoms with Crippen molar-refractivity contribution in [2.45, 2.75) is 26.7 Å². The first kappa shape index (κ1) is 15.9. The Morgan fingerprint density at radius 2 is 1.77 bits per heavy atom. The molecule has 1 aromatic carbocycles. The number of benzene rings is 1. The van der Waals surface area contributed by atoms with Crippen LogP contribution >= 0.6 is 0 Å². The normalized spacial score (nSPS) is 10.3.